The van der Waals surface area contributed by atoms with Gasteiger partial charge in [0, 0.05) is 45.3 Å². The number of aliphatic carboxylic acids is 2. The molecule has 3 saturated heterocycles. The van der Waals surface area contributed by atoms with Gasteiger partial charge in [-0.1, -0.05) is 31.2 Å². The van der Waals surface area contributed by atoms with Gasteiger partial charge in [-0.15, -0.1) is 0 Å². The van der Waals surface area contributed by atoms with Crippen LogP contribution in [0.3, 0.4) is 0 Å². The van der Waals surface area contributed by atoms with Crippen molar-refractivity contribution < 1.29 is 87.7 Å². The first-order valence-electron chi connectivity index (χ1n) is 24.3. The molecule has 398 valence electrons. The van der Waals surface area contributed by atoms with Gasteiger partial charge in [0.2, 0.25) is 0 Å². The van der Waals surface area contributed by atoms with E-state index in [1.54, 1.807) is 39.8 Å². The molecule has 4 aliphatic rings. The van der Waals surface area contributed by atoms with E-state index in [4.69, 9.17) is 48.1 Å². The summed E-state index contributed by atoms with van der Waals surface area (Å²) in [6.45, 7) is 10.8. The van der Waals surface area contributed by atoms with E-state index in [0.717, 1.165) is 12.7 Å². The lowest BCUT2D eigenvalue weighted by atomic mass is 9.82. The minimum Gasteiger partial charge on any atom is -0.481 e. The Morgan fingerprint density at radius 2 is 1.46 bits per heavy atom. The van der Waals surface area contributed by atoms with Gasteiger partial charge in [-0.05, 0) is 107 Å². The Bertz CT molecular complexity index is 1610. The minimum absolute atomic E-state index is 0.00885. The number of carboxylic acid groups (broad SMARTS) is 2. The van der Waals surface area contributed by atoms with Crippen LogP contribution in [-0.2, 0) is 57.1 Å². The molecule has 20 heteroatoms. The number of aliphatic hydroxyl groups is 4. The SMILES string of the molecule is CO[C@@H]1[C@@H](O[C@@H]2O[C@H](C)[C@@H](O[C@H]3C[C@@](C)(O)[C@@H](O)[C@H](C)O3)[C@H](N(C)C)[C@H]2O)[C@@H](CC=O)C[C@@H](C)[C@@H](OC2CC[C@H](N(C)C)[C@@H](C)O2)/C=C/C=C/C[C@@H](C)OC(=O)C[C@H]1O.O=C(O)CCCCC(=O)O. The van der Waals surface area contributed by atoms with Crippen LogP contribution >= 0.6 is 0 Å². The molecule has 19 atom stereocenters. The number of methoxy groups -OCH3 is 1. The summed E-state index contributed by atoms with van der Waals surface area (Å²) in [7, 11) is 9.03. The zero-order chi connectivity index (χ0) is 51.7. The first-order chi connectivity index (χ1) is 32.4. The zero-order valence-electron chi connectivity index (χ0n) is 42.5. The second kappa shape index (κ2) is 28.9. The number of cyclic esters (lactones) is 1. The largest absolute Gasteiger partial charge is 0.481 e. The van der Waals surface area contributed by atoms with Crippen LogP contribution in [0.2, 0.25) is 0 Å². The number of carboxylic acids is 2. The van der Waals surface area contributed by atoms with E-state index in [9.17, 15) is 39.6 Å². The molecule has 0 aromatic heterocycles. The van der Waals surface area contributed by atoms with Gasteiger partial charge in [0.15, 0.2) is 18.9 Å². The van der Waals surface area contributed by atoms with Crippen molar-refractivity contribution in [1.29, 1.82) is 0 Å². The highest BCUT2D eigenvalue weighted by Gasteiger charge is 2.52. The van der Waals surface area contributed by atoms with Gasteiger partial charge in [0.05, 0.1) is 54.7 Å². The molecule has 0 bridgehead atoms. The molecule has 0 spiro atoms. The number of rotatable bonds is 16. The highest BCUT2D eigenvalue weighted by Crippen LogP contribution is 2.37. The number of nitrogens with zero attached hydrogens (tertiary/aromatic N) is 2. The molecule has 3 fully saturated rings. The van der Waals surface area contributed by atoms with Crippen molar-refractivity contribution in [3.05, 3.63) is 24.3 Å². The van der Waals surface area contributed by atoms with Gasteiger partial charge in [-0.3, -0.25) is 14.4 Å². The summed E-state index contributed by atoms with van der Waals surface area (Å²) in [4.78, 5) is 49.3. The monoisotopic (exact) mass is 989 g/mol. The summed E-state index contributed by atoms with van der Waals surface area (Å²) >= 11 is 0. The molecule has 4 rings (SSSR count). The van der Waals surface area contributed by atoms with Crippen LogP contribution < -0.4 is 0 Å². The van der Waals surface area contributed by atoms with Crippen LogP contribution in [-0.4, -0.2) is 204 Å². The van der Waals surface area contributed by atoms with Crippen molar-refractivity contribution in [2.24, 2.45) is 11.8 Å². The fraction of sp³-hybridized carbons (Fsp3) is 0.837. The van der Waals surface area contributed by atoms with Gasteiger partial charge in [0.25, 0.3) is 0 Å². The molecule has 0 aliphatic carbocycles. The van der Waals surface area contributed by atoms with Crippen LogP contribution in [0.15, 0.2) is 24.3 Å². The fourth-order valence-electron chi connectivity index (χ4n) is 9.65. The summed E-state index contributed by atoms with van der Waals surface area (Å²) in [6.07, 6.45) is -0.546. The van der Waals surface area contributed by atoms with Crippen molar-refractivity contribution in [3.63, 3.8) is 0 Å². The Hall–Kier alpha value is -2.96. The normalized spacial score (nSPS) is 40.5. The van der Waals surface area contributed by atoms with E-state index in [-0.39, 0.29) is 43.7 Å². The van der Waals surface area contributed by atoms with E-state index in [1.165, 1.54) is 14.0 Å². The molecule has 20 nitrogen and oxygen atoms in total. The highest BCUT2D eigenvalue weighted by atomic mass is 16.7. The summed E-state index contributed by atoms with van der Waals surface area (Å²) in [5.74, 6) is -3.21. The third kappa shape index (κ3) is 18.9. The summed E-state index contributed by atoms with van der Waals surface area (Å²) < 4.78 is 50.0. The van der Waals surface area contributed by atoms with Gasteiger partial charge in [-0.25, -0.2) is 0 Å². The molecule has 4 heterocycles. The summed E-state index contributed by atoms with van der Waals surface area (Å²) in [6, 6.07) is -0.466. The Kier molecular flexibility index (Phi) is 25.3. The number of esters is 1. The third-order valence-electron chi connectivity index (χ3n) is 13.4. The molecule has 69 heavy (non-hydrogen) atoms. The Morgan fingerprint density at radius 1 is 0.826 bits per heavy atom. The standard InChI is InChI=1S/C43H74N2O14.C6H10O4/c1-24-21-29(19-20-46)39(59-42-37(49)36(45(9)10)38(27(4)56-42)58-35-23-43(6,51)41(50)28(5)55-35)40(52-11)31(47)22-33(48)53-25(2)15-13-12-14-16-32(24)57-34-18-17-30(44(7)8)26(3)54-34;7-5(8)3-1-2-4-6(9)10/h12-14,16,20,24-32,34-42,47,49-51H,15,17-19,21-23H2,1-11H3;1-4H2,(H,7,8)(H,9,10)/b13-12+,16-14+;/t24-,25-,26-,27-,28+,29+,30+,31-,32+,34?,35+,36-,37-,38-,39+,40+,41+,42+,43-;/m1./s1. The lowest BCUT2D eigenvalue weighted by Gasteiger charge is -2.50. The minimum atomic E-state index is -1.47. The lowest BCUT2D eigenvalue weighted by molar-refractivity contribution is -0.344. The molecule has 0 aromatic carbocycles. The number of allylic oxidation sites excluding steroid dienone is 2. The Morgan fingerprint density at radius 3 is 2.01 bits per heavy atom. The molecule has 0 amide bonds. The van der Waals surface area contributed by atoms with Crippen molar-refractivity contribution in [2.75, 3.05) is 35.3 Å². The van der Waals surface area contributed by atoms with Crippen molar-refractivity contribution >= 4 is 24.2 Å². The third-order valence-corrected chi connectivity index (χ3v) is 13.4. The molecule has 0 radical (unpaired) electrons. The number of aldehydes is 1. The van der Waals surface area contributed by atoms with Gasteiger partial charge in [-0.2, -0.15) is 0 Å². The molecule has 4 aliphatic heterocycles. The maximum atomic E-state index is 13.1. The van der Waals surface area contributed by atoms with E-state index in [1.807, 2.05) is 52.2 Å². The molecular formula is C49H84N2O18. The van der Waals surface area contributed by atoms with Crippen LogP contribution in [0, 0.1) is 11.8 Å². The second-order valence-corrected chi connectivity index (χ2v) is 19.8. The first kappa shape index (κ1) is 60.3. The van der Waals surface area contributed by atoms with Gasteiger partial charge in [0.1, 0.15) is 36.8 Å². The van der Waals surface area contributed by atoms with E-state index < -0.39 is 122 Å². The number of carbonyl (C=O) groups excluding carboxylic acids is 2. The van der Waals surface area contributed by atoms with Crippen molar-refractivity contribution in [2.45, 2.75) is 216 Å². The quantitative estimate of drug-likeness (QED) is 0.0737. The Balaban J connectivity index is 0.00000113. The zero-order valence-corrected chi connectivity index (χ0v) is 42.5. The van der Waals surface area contributed by atoms with Crippen LogP contribution in [0.25, 0.3) is 0 Å². The fourth-order valence-corrected chi connectivity index (χ4v) is 9.65. The van der Waals surface area contributed by atoms with E-state index in [2.05, 4.69) is 4.90 Å². The number of aliphatic hydroxyl groups excluding tert-OH is 3. The van der Waals surface area contributed by atoms with Crippen molar-refractivity contribution in [3.8, 4) is 0 Å². The molecular weight excluding hydrogens is 905 g/mol. The first-order valence-corrected chi connectivity index (χ1v) is 24.3. The Labute approximate surface area is 408 Å². The summed E-state index contributed by atoms with van der Waals surface area (Å²) in [5, 5.41) is 61.3. The smallest absolute Gasteiger partial charge is 0.308 e. The van der Waals surface area contributed by atoms with E-state index in [0.29, 0.717) is 32.1 Å². The highest BCUT2D eigenvalue weighted by molar-refractivity contribution is 5.70. The lowest BCUT2D eigenvalue weighted by Crippen LogP contribution is -2.65. The predicted octanol–water partition coefficient (Wildman–Crippen LogP) is 3.04. The van der Waals surface area contributed by atoms with E-state index >= 15 is 0 Å². The number of ether oxygens (including phenoxy) is 8. The van der Waals surface area contributed by atoms with Crippen molar-refractivity contribution in [1.82, 2.24) is 9.80 Å². The maximum Gasteiger partial charge on any atom is 0.308 e. The summed E-state index contributed by atoms with van der Waals surface area (Å²) in [5.41, 5.74) is -1.47. The number of hydrogen-bond acceptors (Lipinski definition) is 18. The predicted molar refractivity (Wildman–Crippen MR) is 251 cm³/mol. The number of unbranched alkanes of at least 4 members (excludes halogenated alkanes) is 1. The maximum absolute atomic E-state index is 13.1. The second-order valence-electron chi connectivity index (χ2n) is 19.8. The van der Waals surface area contributed by atoms with Gasteiger partial charge < -0.3 is 83.1 Å². The molecule has 1 unspecified atom stereocenters. The van der Waals surface area contributed by atoms with Crippen LogP contribution in [0.5, 0.6) is 0 Å². The average Bonchev–Trinajstić information content (AvgIpc) is 3.24. The van der Waals surface area contributed by atoms with Crippen LogP contribution in [0.4, 0.5) is 0 Å². The molecule has 6 N–H and O–H groups in total. The van der Waals surface area contributed by atoms with Crippen LogP contribution in [0.1, 0.15) is 112 Å². The molecule has 0 saturated carbocycles. The average molecular weight is 989 g/mol. The molecule has 0 aromatic rings. The topological polar surface area (TPSA) is 270 Å². The number of likely N-dealkylation sites (N-methyl/N-ethyl adjacent to an activating group) is 2. The number of hydrogen-bond donors (Lipinski definition) is 6. The van der Waals surface area contributed by atoms with Gasteiger partial charge >= 0.3 is 17.9 Å². The number of carbonyl (C=O) groups is 4.